The van der Waals surface area contributed by atoms with Crippen LogP contribution in [0.5, 0.6) is 0 Å². The average Bonchev–Trinajstić information content (AvgIpc) is 3.27. The van der Waals surface area contributed by atoms with Crippen LogP contribution in [-0.2, 0) is 0 Å². The number of likely N-dealkylation sites (tertiary alicyclic amines) is 1. The van der Waals surface area contributed by atoms with Gasteiger partial charge >= 0.3 is 0 Å². The molecule has 1 aliphatic rings. The zero-order valence-corrected chi connectivity index (χ0v) is 15.8. The summed E-state index contributed by atoms with van der Waals surface area (Å²) in [5, 5.41) is 5.13. The topological polar surface area (TPSA) is 49.0 Å². The second-order valence-corrected chi connectivity index (χ2v) is 8.53. The van der Waals surface area contributed by atoms with Crippen molar-refractivity contribution in [1.82, 2.24) is 14.9 Å². The van der Waals surface area contributed by atoms with Gasteiger partial charge < -0.3 is 4.98 Å². The molecular formula is C18H21N3OS2. The summed E-state index contributed by atoms with van der Waals surface area (Å²) in [7, 11) is 0. The third-order valence-corrected chi connectivity index (χ3v) is 6.98. The van der Waals surface area contributed by atoms with Crippen LogP contribution in [0.2, 0.25) is 0 Å². The van der Waals surface area contributed by atoms with Crippen LogP contribution in [0, 0.1) is 13.8 Å². The van der Waals surface area contributed by atoms with E-state index >= 15 is 0 Å². The summed E-state index contributed by atoms with van der Waals surface area (Å²) >= 11 is 3.36. The zero-order valence-electron chi connectivity index (χ0n) is 14.1. The quantitative estimate of drug-likeness (QED) is 0.746. The minimum absolute atomic E-state index is 0.00465. The van der Waals surface area contributed by atoms with Crippen molar-refractivity contribution in [2.45, 2.75) is 45.7 Å². The van der Waals surface area contributed by atoms with Crippen LogP contribution in [0.25, 0.3) is 10.2 Å². The average molecular weight is 360 g/mol. The maximum atomic E-state index is 12.6. The first-order valence-electron chi connectivity index (χ1n) is 8.34. The third kappa shape index (κ3) is 2.53. The number of aromatic amines is 1. The summed E-state index contributed by atoms with van der Waals surface area (Å²) in [6, 6.07) is 2.75. The van der Waals surface area contributed by atoms with E-state index in [4.69, 9.17) is 4.98 Å². The molecule has 3 aromatic heterocycles. The number of fused-ring (bicyclic) bond motifs is 1. The van der Waals surface area contributed by atoms with Crippen LogP contribution in [0.4, 0.5) is 0 Å². The van der Waals surface area contributed by atoms with Crippen molar-refractivity contribution in [2.75, 3.05) is 6.54 Å². The van der Waals surface area contributed by atoms with Crippen molar-refractivity contribution in [1.29, 1.82) is 0 Å². The highest BCUT2D eigenvalue weighted by atomic mass is 32.1. The van der Waals surface area contributed by atoms with Gasteiger partial charge in [0.15, 0.2) is 0 Å². The lowest BCUT2D eigenvalue weighted by Crippen LogP contribution is -2.29. The van der Waals surface area contributed by atoms with Crippen LogP contribution in [0.15, 0.2) is 21.6 Å². The van der Waals surface area contributed by atoms with Gasteiger partial charge in [-0.25, -0.2) is 4.98 Å². The summed E-state index contributed by atoms with van der Waals surface area (Å²) in [5.41, 5.74) is 2.44. The number of rotatable bonds is 3. The Kier molecular flexibility index (Phi) is 4.06. The van der Waals surface area contributed by atoms with E-state index < -0.39 is 0 Å². The van der Waals surface area contributed by atoms with Crippen molar-refractivity contribution in [3.8, 4) is 0 Å². The van der Waals surface area contributed by atoms with Crippen molar-refractivity contribution >= 4 is 32.9 Å². The Morgan fingerprint density at radius 1 is 1.42 bits per heavy atom. The maximum Gasteiger partial charge on any atom is 0.259 e. The second-order valence-electron chi connectivity index (χ2n) is 6.54. The predicted molar refractivity (Wildman–Crippen MR) is 101 cm³/mol. The molecule has 0 saturated carbocycles. The van der Waals surface area contributed by atoms with Crippen molar-refractivity contribution in [2.24, 2.45) is 0 Å². The molecule has 6 heteroatoms. The Bertz CT molecular complexity index is 926. The molecule has 4 nitrogen and oxygen atoms in total. The molecule has 0 radical (unpaired) electrons. The normalized spacial score (nSPS) is 20.0. The first-order valence-corrected chi connectivity index (χ1v) is 10.1. The van der Waals surface area contributed by atoms with Gasteiger partial charge in [-0.15, -0.1) is 11.3 Å². The number of aryl methyl sites for hydroxylation is 2. The summed E-state index contributed by atoms with van der Waals surface area (Å²) < 4.78 is 0. The first-order chi connectivity index (χ1) is 11.6. The minimum atomic E-state index is -0.00465. The summed E-state index contributed by atoms with van der Waals surface area (Å²) in [4.78, 5) is 24.9. The fourth-order valence-electron chi connectivity index (χ4n) is 3.70. The third-order valence-electron chi connectivity index (χ3n) is 5.17. The van der Waals surface area contributed by atoms with E-state index in [0.717, 1.165) is 28.1 Å². The summed E-state index contributed by atoms with van der Waals surface area (Å²) in [5.74, 6) is 0.788. The molecule has 3 aromatic rings. The molecule has 0 aliphatic carbocycles. The SMILES string of the molecule is Cc1sc2nc(C(C)N3CCCC3c3ccsc3)[nH]c(=O)c2c1C. The molecule has 1 N–H and O–H groups in total. The fourth-order valence-corrected chi connectivity index (χ4v) is 5.45. The molecule has 1 aliphatic heterocycles. The molecule has 0 aromatic carbocycles. The van der Waals surface area contributed by atoms with Gasteiger partial charge in [-0.3, -0.25) is 9.69 Å². The lowest BCUT2D eigenvalue weighted by Gasteiger charge is -2.29. The van der Waals surface area contributed by atoms with Crippen LogP contribution in [-0.4, -0.2) is 21.4 Å². The number of aromatic nitrogens is 2. The molecule has 126 valence electrons. The van der Waals surface area contributed by atoms with Crippen LogP contribution >= 0.6 is 22.7 Å². The van der Waals surface area contributed by atoms with Crippen LogP contribution in [0.1, 0.15) is 53.7 Å². The molecular weight excluding hydrogens is 338 g/mol. The van der Waals surface area contributed by atoms with E-state index in [0.29, 0.717) is 6.04 Å². The highest BCUT2D eigenvalue weighted by Gasteiger charge is 2.32. The van der Waals surface area contributed by atoms with E-state index in [1.165, 1.54) is 23.3 Å². The van der Waals surface area contributed by atoms with E-state index in [2.05, 4.69) is 40.6 Å². The van der Waals surface area contributed by atoms with Gasteiger partial charge in [-0.2, -0.15) is 11.3 Å². The maximum absolute atomic E-state index is 12.6. The van der Waals surface area contributed by atoms with Gasteiger partial charge in [0.1, 0.15) is 10.7 Å². The number of hydrogen-bond acceptors (Lipinski definition) is 5. The van der Waals surface area contributed by atoms with Gasteiger partial charge in [-0.1, -0.05) is 0 Å². The van der Waals surface area contributed by atoms with Gasteiger partial charge in [0, 0.05) is 10.9 Å². The molecule has 0 bridgehead atoms. The van der Waals surface area contributed by atoms with E-state index in [1.807, 2.05) is 6.92 Å². The molecule has 0 amide bonds. The van der Waals surface area contributed by atoms with Gasteiger partial charge in [-0.05, 0) is 68.1 Å². The number of nitrogens with zero attached hydrogens (tertiary/aromatic N) is 2. The Morgan fingerprint density at radius 2 is 2.25 bits per heavy atom. The predicted octanol–water partition coefficient (Wildman–Crippen LogP) is 4.56. The van der Waals surface area contributed by atoms with Crippen molar-refractivity contribution < 1.29 is 0 Å². The van der Waals surface area contributed by atoms with E-state index in [-0.39, 0.29) is 11.6 Å². The van der Waals surface area contributed by atoms with Crippen molar-refractivity contribution in [3.05, 3.63) is 49.0 Å². The van der Waals surface area contributed by atoms with Crippen LogP contribution < -0.4 is 5.56 Å². The lowest BCUT2D eigenvalue weighted by atomic mass is 10.1. The van der Waals surface area contributed by atoms with Crippen molar-refractivity contribution in [3.63, 3.8) is 0 Å². The molecule has 1 fully saturated rings. The number of thiophene rings is 2. The Labute approximate surface area is 149 Å². The Hall–Kier alpha value is -1.50. The minimum Gasteiger partial charge on any atom is -0.309 e. The van der Waals surface area contributed by atoms with Gasteiger partial charge in [0.2, 0.25) is 0 Å². The Morgan fingerprint density at radius 3 is 3.00 bits per heavy atom. The Balaban J connectivity index is 1.73. The molecule has 4 heterocycles. The number of H-pyrrole nitrogens is 1. The van der Waals surface area contributed by atoms with E-state index in [1.54, 1.807) is 22.7 Å². The molecule has 0 spiro atoms. The molecule has 4 rings (SSSR count). The largest absolute Gasteiger partial charge is 0.309 e. The summed E-state index contributed by atoms with van der Waals surface area (Å²) in [6.07, 6.45) is 2.36. The second kappa shape index (κ2) is 6.10. The summed E-state index contributed by atoms with van der Waals surface area (Å²) in [6.45, 7) is 7.26. The zero-order chi connectivity index (χ0) is 16.8. The van der Waals surface area contributed by atoms with E-state index in [9.17, 15) is 4.79 Å². The highest BCUT2D eigenvalue weighted by molar-refractivity contribution is 7.18. The number of hydrogen-bond donors (Lipinski definition) is 1. The number of nitrogens with one attached hydrogen (secondary N) is 1. The highest BCUT2D eigenvalue weighted by Crippen LogP contribution is 2.38. The molecule has 2 atom stereocenters. The van der Waals surface area contributed by atoms with Gasteiger partial charge in [0.05, 0.1) is 11.4 Å². The standard InChI is InChI=1S/C18H21N3OS2/c1-10-12(3)24-18-15(10)17(22)19-16(20-18)11(2)21-7-4-5-14(21)13-6-8-23-9-13/h6,8-9,11,14H,4-5,7H2,1-3H3,(H,19,20,22). The molecule has 1 saturated heterocycles. The fraction of sp³-hybridized carbons (Fsp3) is 0.444. The smallest absolute Gasteiger partial charge is 0.259 e. The van der Waals surface area contributed by atoms with Crippen LogP contribution in [0.3, 0.4) is 0 Å². The monoisotopic (exact) mass is 359 g/mol. The lowest BCUT2D eigenvalue weighted by molar-refractivity contribution is 0.187. The molecule has 24 heavy (non-hydrogen) atoms. The molecule has 2 unspecified atom stereocenters. The first kappa shape index (κ1) is 16.0. The van der Waals surface area contributed by atoms with Gasteiger partial charge in [0.25, 0.3) is 5.56 Å².